The zero-order valence-electron chi connectivity index (χ0n) is 9.66. The van der Waals surface area contributed by atoms with Gasteiger partial charge in [-0.15, -0.1) is 0 Å². The summed E-state index contributed by atoms with van der Waals surface area (Å²) in [5.41, 5.74) is 2.46. The maximum atomic E-state index is 10.9. The number of hydrogen-bond acceptors (Lipinski definition) is 3. The van der Waals surface area contributed by atoms with Crippen molar-refractivity contribution in [3.8, 4) is 5.75 Å². The Bertz CT molecular complexity index is 398. The quantitative estimate of drug-likeness (QED) is 0.567. The van der Waals surface area contributed by atoms with E-state index in [1.807, 2.05) is 18.2 Å². The zero-order chi connectivity index (χ0) is 11.5. The summed E-state index contributed by atoms with van der Waals surface area (Å²) in [6.45, 7) is 1.41. The number of benzene rings is 1. The summed E-state index contributed by atoms with van der Waals surface area (Å²) in [4.78, 5) is 10.9. The van der Waals surface area contributed by atoms with Crippen LogP contribution < -0.4 is 4.74 Å². The molecule has 0 N–H and O–H groups in total. The largest absolute Gasteiger partial charge is 0.427 e. The second kappa shape index (κ2) is 4.66. The summed E-state index contributed by atoms with van der Waals surface area (Å²) in [6, 6.07) is 5.79. The summed E-state index contributed by atoms with van der Waals surface area (Å²) >= 11 is 0. The molecule has 1 aromatic carbocycles. The Morgan fingerprint density at radius 2 is 2.25 bits per heavy atom. The molecule has 2 rings (SSSR count). The minimum absolute atomic E-state index is 0.138. The average molecular weight is 220 g/mol. The molecular weight excluding hydrogens is 204 g/mol. The van der Waals surface area contributed by atoms with Crippen LogP contribution in [-0.4, -0.2) is 13.1 Å². The standard InChI is InChI=1S/C13H16O3/c1-9(14)16-11-7-6-10-4-3-5-13(15-2)12(10)8-11/h6-8,13H,3-5H2,1-2H3. The molecule has 1 atom stereocenters. The lowest BCUT2D eigenvalue weighted by atomic mass is 9.89. The van der Waals surface area contributed by atoms with E-state index in [0.29, 0.717) is 5.75 Å². The zero-order valence-corrected chi connectivity index (χ0v) is 9.66. The van der Waals surface area contributed by atoms with E-state index in [-0.39, 0.29) is 12.1 Å². The van der Waals surface area contributed by atoms with Crippen molar-refractivity contribution in [1.29, 1.82) is 0 Å². The van der Waals surface area contributed by atoms with Gasteiger partial charge in [0.2, 0.25) is 0 Å². The Morgan fingerprint density at radius 3 is 2.94 bits per heavy atom. The number of methoxy groups -OCH3 is 1. The molecule has 0 fully saturated rings. The van der Waals surface area contributed by atoms with Gasteiger partial charge in [0.1, 0.15) is 5.75 Å². The van der Waals surface area contributed by atoms with Crippen LogP contribution in [-0.2, 0) is 16.0 Å². The van der Waals surface area contributed by atoms with Crippen molar-refractivity contribution in [3.05, 3.63) is 29.3 Å². The van der Waals surface area contributed by atoms with E-state index in [4.69, 9.17) is 9.47 Å². The van der Waals surface area contributed by atoms with Crippen LogP contribution in [0.5, 0.6) is 5.75 Å². The molecule has 0 spiro atoms. The second-order valence-corrected chi connectivity index (χ2v) is 4.07. The van der Waals surface area contributed by atoms with E-state index in [1.54, 1.807) is 7.11 Å². The van der Waals surface area contributed by atoms with Crippen LogP contribution in [0.25, 0.3) is 0 Å². The first-order valence-electron chi connectivity index (χ1n) is 5.54. The van der Waals surface area contributed by atoms with Crippen molar-refractivity contribution < 1.29 is 14.3 Å². The molecule has 0 saturated heterocycles. The number of hydrogen-bond donors (Lipinski definition) is 0. The van der Waals surface area contributed by atoms with Gasteiger partial charge < -0.3 is 9.47 Å². The minimum atomic E-state index is -0.287. The Balaban J connectivity index is 2.31. The van der Waals surface area contributed by atoms with Crippen LogP contribution in [0.4, 0.5) is 0 Å². The average Bonchev–Trinajstić information content (AvgIpc) is 2.27. The fraction of sp³-hybridized carbons (Fsp3) is 0.462. The van der Waals surface area contributed by atoms with Crippen LogP contribution >= 0.6 is 0 Å². The van der Waals surface area contributed by atoms with Gasteiger partial charge in [-0.3, -0.25) is 4.79 Å². The SMILES string of the molecule is COC1CCCc2ccc(OC(C)=O)cc21. The molecule has 1 unspecified atom stereocenters. The Hall–Kier alpha value is -1.35. The van der Waals surface area contributed by atoms with Gasteiger partial charge in [-0.05, 0) is 42.5 Å². The molecule has 3 nitrogen and oxygen atoms in total. The van der Waals surface area contributed by atoms with Crippen molar-refractivity contribution >= 4 is 5.97 Å². The Kier molecular flexibility index (Phi) is 3.25. The fourth-order valence-corrected chi connectivity index (χ4v) is 2.21. The minimum Gasteiger partial charge on any atom is -0.427 e. The number of fused-ring (bicyclic) bond motifs is 1. The molecule has 16 heavy (non-hydrogen) atoms. The van der Waals surface area contributed by atoms with E-state index >= 15 is 0 Å². The third-order valence-electron chi connectivity index (χ3n) is 2.92. The van der Waals surface area contributed by atoms with Gasteiger partial charge in [0.25, 0.3) is 0 Å². The van der Waals surface area contributed by atoms with E-state index in [0.717, 1.165) is 24.8 Å². The number of ether oxygens (including phenoxy) is 2. The summed E-state index contributed by atoms with van der Waals surface area (Å²) in [5.74, 6) is 0.319. The monoisotopic (exact) mass is 220 g/mol. The molecule has 0 heterocycles. The van der Waals surface area contributed by atoms with E-state index < -0.39 is 0 Å². The Labute approximate surface area is 95.4 Å². The van der Waals surface area contributed by atoms with E-state index in [9.17, 15) is 4.79 Å². The highest BCUT2D eigenvalue weighted by Gasteiger charge is 2.20. The fourth-order valence-electron chi connectivity index (χ4n) is 2.21. The van der Waals surface area contributed by atoms with Crippen molar-refractivity contribution in [2.24, 2.45) is 0 Å². The molecule has 0 amide bonds. The smallest absolute Gasteiger partial charge is 0.308 e. The van der Waals surface area contributed by atoms with Crippen molar-refractivity contribution in [1.82, 2.24) is 0 Å². The number of aryl methyl sites for hydroxylation is 1. The van der Waals surface area contributed by atoms with Crippen LogP contribution in [0.3, 0.4) is 0 Å². The van der Waals surface area contributed by atoms with Gasteiger partial charge in [0, 0.05) is 14.0 Å². The summed E-state index contributed by atoms with van der Waals surface area (Å²) in [6.07, 6.45) is 3.40. The van der Waals surface area contributed by atoms with Gasteiger partial charge in [0.05, 0.1) is 6.10 Å². The highest BCUT2D eigenvalue weighted by Crippen LogP contribution is 2.34. The lowest BCUT2D eigenvalue weighted by Gasteiger charge is -2.24. The molecule has 0 saturated carbocycles. The molecule has 0 aliphatic heterocycles. The van der Waals surface area contributed by atoms with Gasteiger partial charge in [-0.1, -0.05) is 6.07 Å². The summed E-state index contributed by atoms with van der Waals surface area (Å²) < 4.78 is 10.5. The molecule has 1 aliphatic carbocycles. The topological polar surface area (TPSA) is 35.5 Å². The molecule has 0 bridgehead atoms. The van der Waals surface area contributed by atoms with Gasteiger partial charge >= 0.3 is 5.97 Å². The molecule has 3 heteroatoms. The number of carbonyl (C=O) groups is 1. The van der Waals surface area contributed by atoms with Crippen LogP contribution in [0.1, 0.15) is 37.0 Å². The summed E-state index contributed by atoms with van der Waals surface area (Å²) in [7, 11) is 1.72. The highest BCUT2D eigenvalue weighted by atomic mass is 16.5. The van der Waals surface area contributed by atoms with Crippen LogP contribution in [0, 0.1) is 0 Å². The predicted molar refractivity (Wildman–Crippen MR) is 60.4 cm³/mol. The van der Waals surface area contributed by atoms with E-state index in [1.165, 1.54) is 12.5 Å². The van der Waals surface area contributed by atoms with Crippen LogP contribution in [0.15, 0.2) is 18.2 Å². The molecule has 1 aromatic rings. The lowest BCUT2D eigenvalue weighted by Crippen LogP contribution is -2.12. The number of rotatable bonds is 2. The maximum absolute atomic E-state index is 10.9. The number of esters is 1. The maximum Gasteiger partial charge on any atom is 0.308 e. The third-order valence-corrected chi connectivity index (χ3v) is 2.92. The van der Waals surface area contributed by atoms with Crippen molar-refractivity contribution in [3.63, 3.8) is 0 Å². The molecular formula is C13H16O3. The van der Waals surface area contributed by atoms with Gasteiger partial charge in [0.15, 0.2) is 0 Å². The molecule has 86 valence electrons. The van der Waals surface area contributed by atoms with Crippen molar-refractivity contribution in [2.75, 3.05) is 7.11 Å². The van der Waals surface area contributed by atoms with Crippen molar-refractivity contribution in [2.45, 2.75) is 32.3 Å². The Morgan fingerprint density at radius 1 is 1.44 bits per heavy atom. The first kappa shape index (κ1) is 11.1. The predicted octanol–water partition coefficient (Wildman–Crippen LogP) is 2.64. The second-order valence-electron chi connectivity index (χ2n) is 4.07. The third kappa shape index (κ3) is 2.25. The lowest BCUT2D eigenvalue weighted by molar-refractivity contribution is -0.131. The van der Waals surface area contributed by atoms with Gasteiger partial charge in [-0.25, -0.2) is 0 Å². The first-order valence-corrected chi connectivity index (χ1v) is 5.54. The molecule has 0 aromatic heterocycles. The highest BCUT2D eigenvalue weighted by molar-refractivity contribution is 5.69. The molecule has 0 radical (unpaired) electrons. The van der Waals surface area contributed by atoms with Gasteiger partial charge in [-0.2, -0.15) is 0 Å². The van der Waals surface area contributed by atoms with E-state index in [2.05, 4.69) is 0 Å². The van der Waals surface area contributed by atoms with Crippen LogP contribution in [0.2, 0.25) is 0 Å². The molecule has 1 aliphatic rings. The first-order chi connectivity index (χ1) is 7.70. The normalized spacial score (nSPS) is 19.0. The number of carbonyl (C=O) groups excluding carboxylic acids is 1. The summed E-state index contributed by atoms with van der Waals surface area (Å²) in [5, 5.41) is 0.